The third-order valence-corrected chi connectivity index (χ3v) is 7.71. The van der Waals surface area contributed by atoms with Gasteiger partial charge in [0.05, 0.1) is 0 Å². The Bertz CT molecular complexity index is 978. The van der Waals surface area contributed by atoms with Crippen LogP contribution in [0, 0.1) is 0 Å². The van der Waals surface area contributed by atoms with Crippen LogP contribution < -0.4 is 10.2 Å². The molecule has 0 amide bonds. The van der Waals surface area contributed by atoms with Gasteiger partial charge >= 0.3 is 17.1 Å². The van der Waals surface area contributed by atoms with Gasteiger partial charge in [-0.05, 0) is 97.1 Å². The van der Waals surface area contributed by atoms with Gasteiger partial charge in [0, 0.05) is 13.1 Å². The van der Waals surface area contributed by atoms with Crippen molar-refractivity contribution in [1.82, 2.24) is 9.80 Å². The van der Waals surface area contributed by atoms with Crippen molar-refractivity contribution in [3.8, 4) is 23.0 Å². The number of piperidine rings is 2. The van der Waals surface area contributed by atoms with Crippen LogP contribution in [0.4, 0.5) is 0 Å². The van der Waals surface area contributed by atoms with Crippen molar-refractivity contribution < 1.29 is 37.5 Å². The third-order valence-electron chi connectivity index (χ3n) is 7.71. The molecule has 2 aromatic carbocycles. The first kappa shape index (κ1) is 33.3. The van der Waals surface area contributed by atoms with Crippen LogP contribution in [0.25, 0.3) is 0 Å². The average Bonchev–Trinajstić information content (AvgIpc) is 2.85. The Morgan fingerprint density at radius 2 is 0.897 bits per heavy atom. The zero-order valence-electron chi connectivity index (χ0n) is 24.7. The van der Waals surface area contributed by atoms with E-state index in [1.807, 2.05) is 12.1 Å². The van der Waals surface area contributed by atoms with Gasteiger partial charge in [-0.15, -0.1) is 0 Å². The number of nitrogens with zero attached hydrogens (tertiary/aromatic N) is 2. The summed E-state index contributed by atoms with van der Waals surface area (Å²) in [6.45, 7) is 18.1. The predicted molar refractivity (Wildman–Crippen MR) is 151 cm³/mol. The molecule has 0 spiro atoms. The number of aromatic hydroxyl groups is 2. The first-order valence-electron chi connectivity index (χ1n) is 14.3. The summed E-state index contributed by atoms with van der Waals surface area (Å²) in [5.74, 6) is -0.643. The molecule has 1 radical (unpaired) electrons. The Balaban J connectivity index is 0.000000267. The van der Waals surface area contributed by atoms with Crippen molar-refractivity contribution in [2.75, 3.05) is 26.2 Å². The van der Waals surface area contributed by atoms with Crippen LogP contribution in [0.3, 0.4) is 0 Å². The van der Waals surface area contributed by atoms with Gasteiger partial charge in [0.15, 0.2) is 0 Å². The van der Waals surface area contributed by atoms with Crippen molar-refractivity contribution in [1.29, 1.82) is 0 Å². The van der Waals surface area contributed by atoms with Gasteiger partial charge in [0.1, 0.15) is 11.5 Å². The summed E-state index contributed by atoms with van der Waals surface area (Å²) in [6, 6.07) is 7.16. The molecule has 221 valence electrons. The fourth-order valence-electron chi connectivity index (χ4n) is 5.16. The minimum atomic E-state index is -0.210. The molecule has 0 bridgehead atoms. The molecule has 2 fully saturated rings. The number of hydrogen-bond donors (Lipinski definition) is 2. The van der Waals surface area contributed by atoms with Crippen LogP contribution in [0.1, 0.15) is 102 Å². The molecule has 4 rings (SSSR count). The monoisotopic (exact) mass is 587 g/mol. The maximum absolute atomic E-state index is 12.0. The molecule has 0 atom stereocenters. The van der Waals surface area contributed by atoms with E-state index in [4.69, 9.17) is 0 Å². The molecule has 39 heavy (non-hydrogen) atoms. The van der Waals surface area contributed by atoms with E-state index in [-0.39, 0.29) is 50.9 Å². The SMILES string of the molecule is CC(C)(C)c1cc(O)c([O-])c(CN2CCCCC2)c1.CC(C)(C)c1cc(O)c([O-])c(CN2CCCCC2)c1.[Cu+2]. The number of likely N-dealkylation sites (tertiary alicyclic amines) is 2. The summed E-state index contributed by atoms with van der Waals surface area (Å²) < 4.78 is 0. The second-order valence-electron chi connectivity index (χ2n) is 13.1. The maximum Gasteiger partial charge on any atom is 2.00 e. The van der Waals surface area contributed by atoms with Gasteiger partial charge in [0.2, 0.25) is 0 Å². The van der Waals surface area contributed by atoms with E-state index in [2.05, 4.69) is 51.3 Å². The number of phenols is 2. The summed E-state index contributed by atoms with van der Waals surface area (Å²) in [5.41, 5.74) is 3.40. The molecular formula is C32H48CuN2O4. The summed E-state index contributed by atoms with van der Waals surface area (Å²) in [7, 11) is 0. The number of hydrogen-bond acceptors (Lipinski definition) is 6. The third kappa shape index (κ3) is 9.60. The maximum atomic E-state index is 12.0. The van der Waals surface area contributed by atoms with E-state index in [9.17, 15) is 20.4 Å². The second kappa shape index (κ2) is 14.1. The Morgan fingerprint density at radius 3 is 1.18 bits per heavy atom. The van der Waals surface area contributed by atoms with Crippen LogP contribution in [0.2, 0.25) is 0 Å². The summed E-state index contributed by atoms with van der Waals surface area (Å²) in [5, 5.41) is 43.8. The molecule has 2 heterocycles. The zero-order valence-corrected chi connectivity index (χ0v) is 25.6. The van der Waals surface area contributed by atoms with Crippen molar-refractivity contribution in [2.45, 2.75) is 104 Å². The molecule has 0 unspecified atom stereocenters. The smallest absolute Gasteiger partial charge is 0.870 e. The number of rotatable bonds is 4. The van der Waals surface area contributed by atoms with E-state index in [1.165, 1.54) is 38.5 Å². The molecule has 2 aliphatic rings. The van der Waals surface area contributed by atoms with E-state index < -0.39 is 0 Å². The predicted octanol–water partition coefficient (Wildman–Crippen LogP) is 5.50. The standard InChI is InChI=1S/2C16H25NO2.Cu/c2*1-16(2,3)13-9-12(15(19)14(18)10-13)11-17-7-5-4-6-8-17;/h2*9-10,18-19H,4-8,11H2,1-3H3;/q;;+2/p-2. The largest absolute Gasteiger partial charge is 2.00 e. The van der Waals surface area contributed by atoms with Gasteiger partial charge in [-0.25, -0.2) is 0 Å². The van der Waals surface area contributed by atoms with E-state index in [0.29, 0.717) is 13.1 Å². The molecule has 0 aromatic heterocycles. The summed E-state index contributed by atoms with van der Waals surface area (Å²) >= 11 is 0. The van der Waals surface area contributed by atoms with Crippen molar-refractivity contribution >= 4 is 0 Å². The molecular weight excluding hydrogens is 540 g/mol. The van der Waals surface area contributed by atoms with E-state index in [0.717, 1.165) is 48.4 Å². The zero-order chi connectivity index (χ0) is 28.1. The quantitative estimate of drug-likeness (QED) is 0.459. The summed E-state index contributed by atoms with van der Waals surface area (Å²) in [6.07, 6.45) is 7.40. The van der Waals surface area contributed by atoms with Crippen LogP contribution >= 0.6 is 0 Å². The Labute approximate surface area is 246 Å². The average molecular weight is 588 g/mol. The minimum Gasteiger partial charge on any atom is -0.870 e. The van der Waals surface area contributed by atoms with Crippen molar-refractivity contribution in [3.05, 3.63) is 46.5 Å². The fraction of sp³-hybridized carbons (Fsp3) is 0.625. The molecule has 0 saturated carbocycles. The van der Waals surface area contributed by atoms with E-state index in [1.54, 1.807) is 12.1 Å². The van der Waals surface area contributed by atoms with Crippen LogP contribution in [0.5, 0.6) is 23.0 Å². The number of phenolic OH excluding ortho intramolecular Hbond substituents is 2. The van der Waals surface area contributed by atoms with Crippen molar-refractivity contribution in [3.63, 3.8) is 0 Å². The summed E-state index contributed by atoms with van der Waals surface area (Å²) in [4.78, 5) is 4.62. The van der Waals surface area contributed by atoms with Gasteiger partial charge in [-0.2, -0.15) is 0 Å². The first-order valence-corrected chi connectivity index (χ1v) is 14.3. The fourth-order valence-corrected chi connectivity index (χ4v) is 5.16. The molecule has 2 aliphatic heterocycles. The molecule has 2 N–H and O–H groups in total. The van der Waals surface area contributed by atoms with Gasteiger partial charge in [-0.1, -0.05) is 78.0 Å². The van der Waals surface area contributed by atoms with Crippen LogP contribution in [-0.4, -0.2) is 46.2 Å². The van der Waals surface area contributed by atoms with Gasteiger partial charge in [0.25, 0.3) is 0 Å². The molecule has 7 heteroatoms. The van der Waals surface area contributed by atoms with E-state index >= 15 is 0 Å². The Kier molecular flexibility index (Phi) is 12.0. The topological polar surface area (TPSA) is 93.1 Å². The van der Waals surface area contributed by atoms with Crippen LogP contribution in [0.15, 0.2) is 24.3 Å². The van der Waals surface area contributed by atoms with Crippen molar-refractivity contribution in [2.24, 2.45) is 0 Å². The molecule has 0 aliphatic carbocycles. The first-order chi connectivity index (χ1) is 17.8. The van der Waals surface area contributed by atoms with Gasteiger partial charge in [-0.3, -0.25) is 9.80 Å². The second-order valence-corrected chi connectivity index (χ2v) is 13.1. The van der Waals surface area contributed by atoms with Gasteiger partial charge < -0.3 is 20.4 Å². The Morgan fingerprint density at radius 1 is 0.590 bits per heavy atom. The molecule has 2 aromatic rings. The van der Waals surface area contributed by atoms with Crippen LogP contribution in [-0.2, 0) is 41.0 Å². The molecule has 2 saturated heterocycles. The Hall–Kier alpha value is -1.92. The molecule has 6 nitrogen and oxygen atoms in total. The normalized spacial score (nSPS) is 17.2. The minimum absolute atomic E-state index is 0. The number of benzene rings is 2.